The Morgan fingerprint density at radius 1 is 0.316 bits per heavy atom. The van der Waals surface area contributed by atoms with Crippen molar-refractivity contribution in [2.24, 2.45) is 0 Å². The van der Waals surface area contributed by atoms with Crippen LogP contribution in [0.5, 0.6) is 0 Å². The Labute approximate surface area is 329 Å². The molecule has 0 atom stereocenters. The van der Waals surface area contributed by atoms with Crippen LogP contribution in [0.2, 0.25) is 0 Å². The molecule has 0 spiro atoms. The third-order valence-electron chi connectivity index (χ3n) is 12.0. The van der Waals surface area contributed by atoms with Crippen molar-refractivity contribution in [2.45, 2.75) is 0 Å². The Morgan fingerprint density at radius 2 is 0.825 bits per heavy atom. The van der Waals surface area contributed by atoms with Crippen molar-refractivity contribution in [1.29, 1.82) is 0 Å². The molecule has 1 aromatic heterocycles. The first kappa shape index (κ1) is 31.8. The van der Waals surface area contributed by atoms with Gasteiger partial charge in [-0.15, -0.1) is 0 Å². The summed E-state index contributed by atoms with van der Waals surface area (Å²) in [6.07, 6.45) is 0. The van der Waals surface area contributed by atoms with Gasteiger partial charge in [-0.2, -0.15) is 0 Å². The van der Waals surface area contributed by atoms with E-state index in [2.05, 4.69) is 211 Å². The molecule has 0 saturated carbocycles. The van der Waals surface area contributed by atoms with Gasteiger partial charge in [-0.05, 0) is 117 Å². The van der Waals surface area contributed by atoms with Crippen molar-refractivity contribution in [2.75, 3.05) is 0 Å². The highest BCUT2D eigenvalue weighted by Gasteiger charge is 2.19. The van der Waals surface area contributed by atoms with Gasteiger partial charge in [0.25, 0.3) is 0 Å². The van der Waals surface area contributed by atoms with E-state index in [1.54, 1.807) is 0 Å². The Kier molecular flexibility index (Phi) is 6.96. The molecule has 0 bridgehead atoms. The molecule has 1 heterocycles. The molecule has 0 N–H and O–H groups in total. The SMILES string of the molecule is c1ccc(-n2c(-c3ccc(-c4ccc(-c5cc6cccc7c8ccccc8c8ccccc8c8cccc5c8c67)c5ccccc45)cc3)nc3ccccc32)cc1. The van der Waals surface area contributed by atoms with Gasteiger partial charge in [0, 0.05) is 11.3 Å². The number of hydrogen-bond acceptors (Lipinski definition) is 1. The van der Waals surface area contributed by atoms with Gasteiger partial charge < -0.3 is 0 Å². The normalized spacial score (nSPS) is 11.9. The first-order valence-electron chi connectivity index (χ1n) is 19.6. The topological polar surface area (TPSA) is 17.8 Å². The predicted molar refractivity (Wildman–Crippen MR) is 242 cm³/mol. The van der Waals surface area contributed by atoms with Crippen LogP contribution < -0.4 is 0 Å². The summed E-state index contributed by atoms with van der Waals surface area (Å²) in [7, 11) is 0. The van der Waals surface area contributed by atoms with Crippen LogP contribution in [0.4, 0.5) is 0 Å². The molecule has 57 heavy (non-hydrogen) atoms. The minimum absolute atomic E-state index is 0.936. The number of imidazole rings is 1. The first-order chi connectivity index (χ1) is 28.3. The minimum atomic E-state index is 0.936. The Balaban J connectivity index is 1.06. The molecule has 0 amide bonds. The molecule has 0 aliphatic rings. The lowest BCUT2D eigenvalue weighted by atomic mass is 9.85. The van der Waals surface area contributed by atoms with E-state index in [1.807, 2.05) is 0 Å². The fraction of sp³-hybridized carbons (Fsp3) is 0. The second-order valence-corrected chi connectivity index (χ2v) is 15.0. The fourth-order valence-corrected chi connectivity index (χ4v) is 9.47. The highest BCUT2D eigenvalue weighted by molar-refractivity contribution is 6.34. The summed E-state index contributed by atoms with van der Waals surface area (Å²) in [5, 5.41) is 15.3. The highest BCUT2D eigenvalue weighted by atomic mass is 15.1. The fourth-order valence-electron chi connectivity index (χ4n) is 9.47. The van der Waals surface area contributed by atoms with E-state index >= 15 is 0 Å². The number of para-hydroxylation sites is 3. The van der Waals surface area contributed by atoms with Gasteiger partial charge >= 0.3 is 0 Å². The third kappa shape index (κ3) is 4.81. The largest absolute Gasteiger partial charge is 0.292 e. The Morgan fingerprint density at radius 3 is 1.54 bits per heavy atom. The van der Waals surface area contributed by atoms with E-state index in [9.17, 15) is 0 Å². The number of aromatic nitrogens is 2. The summed E-state index contributed by atoms with van der Waals surface area (Å²) >= 11 is 0. The number of rotatable bonds is 4. The number of nitrogens with zero attached hydrogens (tertiary/aromatic N) is 2. The Bertz CT molecular complexity index is 3560. The maximum Gasteiger partial charge on any atom is 0.145 e. The lowest BCUT2D eigenvalue weighted by Gasteiger charge is -2.18. The molecule has 0 aliphatic carbocycles. The van der Waals surface area contributed by atoms with Crippen LogP contribution in [0, 0.1) is 0 Å². The molecular weight excluding hydrogens is 689 g/mol. The maximum atomic E-state index is 5.12. The first-order valence-corrected chi connectivity index (χ1v) is 19.6. The van der Waals surface area contributed by atoms with Crippen LogP contribution in [0.1, 0.15) is 0 Å². The number of hydrogen-bond donors (Lipinski definition) is 0. The van der Waals surface area contributed by atoms with Gasteiger partial charge in [0.1, 0.15) is 5.82 Å². The summed E-state index contributed by atoms with van der Waals surface area (Å²) < 4.78 is 2.26. The zero-order chi connectivity index (χ0) is 37.5. The molecule has 0 saturated heterocycles. The van der Waals surface area contributed by atoms with Crippen LogP contribution in [0.3, 0.4) is 0 Å². The second kappa shape index (κ2) is 12.5. The molecule has 12 aromatic rings. The van der Waals surface area contributed by atoms with Crippen LogP contribution in [0.15, 0.2) is 206 Å². The summed E-state index contributed by atoms with van der Waals surface area (Å²) in [5.41, 5.74) is 9.14. The summed E-state index contributed by atoms with van der Waals surface area (Å²) in [6, 6.07) is 75.3. The second-order valence-electron chi connectivity index (χ2n) is 15.0. The van der Waals surface area contributed by atoms with Gasteiger partial charge in [0.15, 0.2) is 0 Å². The van der Waals surface area contributed by atoms with E-state index in [0.29, 0.717) is 0 Å². The minimum Gasteiger partial charge on any atom is -0.292 e. The van der Waals surface area contributed by atoms with Crippen LogP contribution in [0.25, 0.3) is 115 Å². The monoisotopic (exact) mass is 722 g/mol. The van der Waals surface area contributed by atoms with E-state index in [-0.39, 0.29) is 0 Å². The third-order valence-corrected chi connectivity index (χ3v) is 12.0. The van der Waals surface area contributed by atoms with Gasteiger partial charge in [-0.1, -0.05) is 176 Å². The number of benzene rings is 10. The average Bonchev–Trinajstić information content (AvgIpc) is 3.68. The van der Waals surface area contributed by atoms with E-state index in [0.717, 1.165) is 28.1 Å². The van der Waals surface area contributed by atoms with Crippen molar-refractivity contribution in [1.82, 2.24) is 9.55 Å². The van der Waals surface area contributed by atoms with E-state index in [1.165, 1.54) is 86.9 Å². The van der Waals surface area contributed by atoms with Gasteiger partial charge in [0.05, 0.1) is 11.0 Å². The van der Waals surface area contributed by atoms with Crippen LogP contribution >= 0.6 is 0 Å². The predicted octanol–water partition coefficient (Wildman–Crippen LogP) is 14.9. The summed E-state index contributed by atoms with van der Waals surface area (Å²) in [5.74, 6) is 0.936. The van der Waals surface area contributed by atoms with Crippen LogP contribution in [-0.4, -0.2) is 9.55 Å². The lowest BCUT2D eigenvalue weighted by Crippen LogP contribution is -1.97. The molecule has 2 nitrogen and oxygen atoms in total. The van der Waals surface area contributed by atoms with Crippen molar-refractivity contribution < 1.29 is 0 Å². The standard InChI is InChI=1S/C55H34N2/c1-2-15-38(16-3-1)57-52-27-11-10-26-51(52)56-55(57)36-30-28-35(29-31-36)39-32-33-46(41-18-5-4-17-40(39)41)50-34-37-14-12-23-47-44-21-8-6-19-42(44)43-20-7-9-22-45(43)48-24-13-25-49(50)54(48)53(37)47/h1-34H. The molecular formula is C55H34N2. The quantitative estimate of drug-likeness (QED) is 0.165. The van der Waals surface area contributed by atoms with E-state index in [4.69, 9.17) is 4.98 Å². The van der Waals surface area contributed by atoms with E-state index < -0.39 is 0 Å². The summed E-state index contributed by atoms with van der Waals surface area (Å²) in [4.78, 5) is 5.12. The molecule has 0 radical (unpaired) electrons. The Hall–Kier alpha value is -7.55. The molecule has 0 unspecified atom stereocenters. The molecule has 12 rings (SSSR count). The van der Waals surface area contributed by atoms with Crippen molar-refractivity contribution in [3.05, 3.63) is 206 Å². The average molecular weight is 723 g/mol. The molecule has 0 fully saturated rings. The number of fused-ring (bicyclic) bond motifs is 7. The zero-order valence-electron chi connectivity index (χ0n) is 31.0. The zero-order valence-corrected chi connectivity index (χ0v) is 31.0. The summed E-state index contributed by atoms with van der Waals surface area (Å²) in [6.45, 7) is 0. The lowest BCUT2D eigenvalue weighted by molar-refractivity contribution is 1.10. The molecule has 11 aromatic carbocycles. The molecule has 2 heteroatoms. The smallest absolute Gasteiger partial charge is 0.145 e. The van der Waals surface area contributed by atoms with Gasteiger partial charge in [-0.25, -0.2) is 4.98 Å². The van der Waals surface area contributed by atoms with Gasteiger partial charge in [-0.3, -0.25) is 4.57 Å². The molecule has 264 valence electrons. The van der Waals surface area contributed by atoms with Crippen molar-refractivity contribution in [3.63, 3.8) is 0 Å². The van der Waals surface area contributed by atoms with Crippen molar-refractivity contribution >= 4 is 75.7 Å². The molecule has 0 aliphatic heterocycles. The van der Waals surface area contributed by atoms with Crippen LogP contribution in [-0.2, 0) is 0 Å². The maximum absolute atomic E-state index is 5.12. The van der Waals surface area contributed by atoms with Gasteiger partial charge in [0.2, 0.25) is 0 Å². The highest BCUT2D eigenvalue weighted by Crippen LogP contribution is 2.46. The van der Waals surface area contributed by atoms with Crippen molar-refractivity contribution in [3.8, 4) is 39.3 Å².